The van der Waals surface area contributed by atoms with Crippen LogP contribution in [0.2, 0.25) is 0 Å². The maximum atomic E-state index is 12.3. The van der Waals surface area contributed by atoms with Crippen LogP contribution in [0.3, 0.4) is 0 Å². The lowest BCUT2D eigenvalue weighted by Gasteiger charge is -2.19. The molecule has 138 valence electrons. The molecule has 0 unspecified atom stereocenters. The van der Waals surface area contributed by atoms with Crippen molar-refractivity contribution in [2.24, 2.45) is 7.05 Å². The van der Waals surface area contributed by atoms with E-state index < -0.39 is 0 Å². The highest BCUT2D eigenvalue weighted by Gasteiger charge is 2.17. The van der Waals surface area contributed by atoms with E-state index in [1.807, 2.05) is 24.1 Å². The molecule has 2 N–H and O–H groups in total. The minimum Gasteiger partial charge on any atom is -0.494 e. The van der Waals surface area contributed by atoms with E-state index in [-0.39, 0.29) is 5.91 Å². The van der Waals surface area contributed by atoms with Crippen LogP contribution in [0.4, 0.5) is 11.6 Å². The van der Waals surface area contributed by atoms with Crippen LogP contribution in [0.1, 0.15) is 10.4 Å². The Morgan fingerprint density at radius 1 is 1.38 bits per heavy atom. The molecule has 0 aliphatic rings. The van der Waals surface area contributed by atoms with Gasteiger partial charge < -0.3 is 19.4 Å². The Morgan fingerprint density at radius 2 is 2.19 bits per heavy atom. The molecule has 1 aromatic carbocycles. The van der Waals surface area contributed by atoms with Gasteiger partial charge in [0.05, 0.1) is 31.2 Å². The van der Waals surface area contributed by atoms with Crippen LogP contribution in [-0.4, -0.2) is 60.1 Å². The first-order valence-electron chi connectivity index (χ1n) is 8.10. The molecule has 2 aromatic heterocycles. The zero-order chi connectivity index (χ0) is 18.7. The number of hydrogen-bond donors (Lipinski definition) is 2. The van der Waals surface area contributed by atoms with Crippen LogP contribution < -0.4 is 15.0 Å². The number of nitrogens with one attached hydrogen (secondary N) is 2. The molecule has 26 heavy (non-hydrogen) atoms. The molecule has 0 aliphatic heterocycles. The normalized spacial score (nSPS) is 10.9. The lowest BCUT2D eigenvalue weighted by atomic mass is 10.2. The highest BCUT2D eigenvalue weighted by Crippen LogP contribution is 2.32. The number of ether oxygens (including phenoxy) is 2. The van der Waals surface area contributed by atoms with Crippen molar-refractivity contribution in [2.75, 3.05) is 44.6 Å². The maximum absolute atomic E-state index is 12.3. The number of methoxy groups -OCH3 is 2. The summed E-state index contributed by atoms with van der Waals surface area (Å²) in [4.78, 5) is 22.0. The molecule has 1 amide bonds. The van der Waals surface area contributed by atoms with Crippen molar-refractivity contribution in [1.82, 2.24) is 19.7 Å². The fourth-order valence-electron chi connectivity index (χ4n) is 2.66. The Labute approximate surface area is 150 Å². The molecule has 0 saturated carbocycles. The third-order valence-corrected chi connectivity index (χ3v) is 4.05. The Kier molecular flexibility index (Phi) is 5.08. The molecule has 0 bridgehead atoms. The number of fused-ring (bicyclic) bond motifs is 1. The third-order valence-electron chi connectivity index (χ3n) is 4.05. The van der Waals surface area contributed by atoms with Gasteiger partial charge in [0.2, 0.25) is 5.95 Å². The summed E-state index contributed by atoms with van der Waals surface area (Å²) in [7, 11) is 6.98. The van der Waals surface area contributed by atoms with Gasteiger partial charge in [-0.3, -0.25) is 14.8 Å². The second kappa shape index (κ2) is 7.44. The highest BCUT2D eigenvalue weighted by atomic mass is 16.5. The van der Waals surface area contributed by atoms with Gasteiger partial charge in [-0.1, -0.05) is 0 Å². The van der Waals surface area contributed by atoms with Crippen LogP contribution in [0, 0.1) is 0 Å². The molecule has 9 heteroatoms. The number of amides is 1. The molecule has 0 saturated heterocycles. The van der Waals surface area contributed by atoms with Crippen LogP contribution >= 0.6 is 0 Å². The SMILES string of the molecule is COCCN(C)c1ccc(OC)c2[nH]c(NC(=O)c3cnn(C)c3)nc12. The maximum Gasteiger partial charge on any atom is 0.261 e. The Morgan fingerprint density at radius 3 is 2.85 bits per heavy atom. The monoisotopic (exact) mass is 358 g/mol. The number of imidazole rings is 1. The van der Waals surface area contributed by atoms with E-state index in [0.29, 0.717) is 35.9 Å². The van der Waals surface area contributed by atoms with Crippen molar-refractivity contribution in [3.8, 4) is 5.75 Å². The van der Waals surface area contributed by atoms with E-state index in [9.17, 15) is 4.79 Å². The molecular formula is C17H22N6O3. The smallest absolute Gasteiger partial charge is 0.261 e. The number of aryl methyl sites for hydroxylation is 1. The summed E-state index contributed by atoms with van der Waals surface area (Å²) in [6, 6.07) is 3.80. The number of likely N-dealkylation sites (N-methyl/N-ethyl adjacent to an activating group) is 1. The number of carbonyl (C=O) groups is 1. The molecule has 3 aromatic rings. The summed E-state index contributed by atoms with van der Waals surface area (Å²) in [6.45, 7) is 1.31. The number of rotatable bonds is 7. The van der Waals surface area contributed by atoms with E-state index in [1.54, 1.807) is 32.1 Å². The first kappa shape index (κ1) is 17.7. The number of carbonyl (C=O) groups excluding carboxylic acids is 1. The van der Waals surface area contributed by atoms with Crippen molar-refractivity contribution in [3.63, 3.8) is 0 Å². The minimum absolute atomic E-state index is 0.287. The second-order valence-corrected chi connectivity index (χ2v) is 5.87. The molecule has 3 rings (SSSR count). The molecular weight excluding hydrogens is 336 g/mol. The predicted octanol–water partition coefficient (Wildman–Crippen LogP) is 1.64. The number of aromatic amines is 1. The summed E-state index contributed by atoms with van der Waals surface area (Å²) < 4.78 is 12.1. The summed E-state index contributed by atoms with van der Waals surface area (Å²) in [6.07, 6.45) is 3.14. The zero-order valence-corrected chi connectivity index (χ0v) is 15.2. The zero-order valence-electron chi connectivity index (χ0n) is 15.2. The van der Waals surface area contributed by atoms with E-state index in [0.717, 1.165) is 11.2 Å². The fourth-order valence-corrected chi connectivity index (χ4v) is 2.66. The van der Waals surface area contributed by atoms with Crippen LogP contribution in [0.15, 0.2) is 24.5 Å². The first-order valence-corrected chi connectivity index (χ1v) is 8.10. The topological polar surface area (TPSA) is 97.3 Å². The minimum atomic E-state index is -0.287. The number of H-pyrrole nitrogens is 1. The van der Waals surface area contributed by atoms with Crippen molar-refractivity contribution in [1.29, 1.82) is 0 Å². The van der Waals surface area contributed by atoms with Gasteiger partial charge in [0.1, 0.15) is 16.8 Å². The molecule has 0 atom stereocenters. The van der Waals surface area contributed by atoms with Gasteiger partial charge in [-0.15, -0.1) is 0 Å². The molecule has 9 nitrogen and oxygen atoms in total. The van der Waals surface area contributed by atoms with Crippen molar-refractivity contribution in [3.05, 3.63) is 30.1 Å². The molecule has 0 fully saturated rings. The Bertz CT molecular complexity index is 917. The number of nitrogens with zero attached hydrogens (tertiary/aromatic N) is 4. The summed E-state index contributed by atoms with van der Waals surface area (Å²) in [5.41, 5.74) is 2.80. The lowest BCUT2D eigenvalue weighted by Crippen LogP contribution is -2.22. The van der Waals surface area contributed by atoms with Gasteiger partial charge in [0.25, 0.3) is 5.91 Å². The number of benzene rings is 1. The number of aromatic nitrogens is 4. The van der Waals surface area contributed by atoms with Gasteiger partial charge in [0.15, 0.2) is 0 Å². The number of anilines is 2. The van der Waals surface area contributed by atoms with E-state index in [2.05, 4.69) is 20.4 Å². The van der Waals surface area contributed by atoms with Gasteiger partial charge in [-0.2, -0.15) is 5.10 Å². The van der Waals surface area contributed by atoms with Crippen molar-refractivity contribution < 1.29 is 14.3 Å². The van der Waals surface area contributed by atoms with E-state index in [1.165, 1.54) is 6.20 Å². The van der Waals surface area contributed by atoms with Crippen molar-refractivity contribution >= 4 is 28.6 Å². The standard InChI is InChI=1S/C17H22N6O3/c1-22(7-8-25-3)12-5-6-13(26-4)15-14(12)19-17(20-15)21-16(24)11-9-18-23(2)10-11/h5-6,9-10H,7-8H2,1-4H3,(H2,19,20,21,24). The van der Waals surface area contributed by atoms with E-state index in [4.69, 9.17) is 9.47 Å². The molecule has 0 spiro atoms. The van der Waals surface area contributed by atoms with E-state index >= 15 is 0 Å². The summed E-state index contributed by atoms with van der Waals surface area (Å²) in [5, 5.41) is 6.77. The lowest BCUT2D eigenvalue weighted by molar-refractivity contribution is 0.102. The van der Waals surface area contributed by atoms with Crippen LogP contribution in [0.25, 0.3) is 11.0 Å². The van der Waals surface area contributed by atoms with Crippen molar-refractivity contribution in [2.45, 2.75) is 0 Å². The van der Waals surface area contributed by atoms with Crippen LogP contribution in [-0.2, 0) is 11.8 Å². The highest BCUT2D eigenvalue weighted by molar-refractivity contribution is 6.04. The quantitative estimate of drug-likeness (QED) is 0.666. The Balaban J connectivity index is 1.93. The summed E-state index contributed by atoms with van der Waals surface area (Å²) in [5.74, 6) is 0.712. The largest absolute Gasteiger partial charge is 0.494 e. The third kappa shape index (κ3) is 3.47. The Hall–Kier alpha value is -3.07. The average Bonchev–Trinajstić information content (AvgIpc) is 3.24. The molecule has 0 aliphatic carbocycles. The van der Waals surface area contributed by atoms with Gasteiger partial charge in [-0.05, 0) is 12.1 Å². The first-order chi connectivity index (χ1) is 12.5. The molecule has 2 heterocycles. The van der Waals surface area contributed by atoms with Gasteiger partial charge >= 0.3 is 0 Å². The number of hydrogen-bond acceptors (Lipinski definition) is 6. The average molecular weight is 358 g/mol. The summed E-state index contributed by atoms with van der Waals surface area (Å²) >= 11 is 0. The fraction of sp³-hybridized carbons (Fsp3) is 0.353. The van der Waals surface area contributed by atoms with Gasteiger partial charge in [-0.25, -0.2) is 4.98 Å². The predicted molar refractivity (Wildman–Crippen MR) is 99.0 cm³/mol. The van der Waals surface area contributed by atoms with Gasteiger partial charge in [0, 0.05) is 33.9 Å². The molecule has 0 radical (unpaired) electrons. The van der Waals surface area contributed by atoms with Crippen LogP contribution in [0.5, 0.6) is 5.75 Å². The second-order valence-electron chi connectivity index (χ2n) is 5.87.